The van der Waals surface area contributed by atoms with Gasteiger partial charge in [-0.1, -0.05) is 24.3 Å². The molecule has 1 amide bonds. The number of carbonyl (C=O) groups excluding carboxylic acids is 1. The van der Waals surface area contributed by atoms with E-state index in [1.807, 2.05) is 0 Å². The van der Waals surface area contributed by atoms with Gasteiger partial charge in [-0.15, -0.1) is 0 Å². The topological polar surface area (TPSA) is 50.7 Å². The number of rotatable bonds is 5. The molecule has 0 spiro atoms. The third-order valence-electron chi connectivity index (χ3n) is 2.94. The van der Waals surface area contributed by atoms with E-state index in [0.29, 0.717) is 21.3 Å². The normalized spacial score (nSPS) is 11.4. The number of para-hydroxylation sites is 1. The lowest BCUT2D eigenvalue weighted by Gasteiger charge is -2.10. The molecule has 0 aromatic heterocycles. The third kappa shape index (κ3) is 4.59. The minimum absolute atomic E-state index is 0.00103. The largest absolute Gasteiger partial charge is 0.434 e. The molecule has 4 nitrogen and oxygen atoms in total. The summed E-state index contributed by atoms with van der Waals surface area (Å²) in [7, 11) is 0. The molecule has 120 valence electrons. The molecule has 7 heteroatoms. The maximum atomic E-state index is 12.4. The number of hydrogen-bond acceptors (Lipinski definition) is 3. The maximum Gasteiger partial charge on any atom is 0.387 e. The van der Waals surface area contributed by atoms with Crippen molar-refractivity contribution in [2.75, 3.05) is 0 Å². The third-order valence-corrected chi connectivity index (χ3v) is 3.63. The number of hydrazone groups is 1. The number of carbonyl (C=O) groups is 1. The van der Waals surface area contributed by atoms with E-state index in [4.69, 9.17) is 0 Å². The fraction of sp³-hybridized carbons (Fsp3) is 0.125. The van der Waals surface area contributed by atoms with Gasteiger partial charge in [0.1, 0.15) is 5.75 Å². The lowest BCUT2D eigenvalue weighted by atomic mass is 10.1. The first-order chi connectivity index (χ1) is 11.0. The number of alkyl halides is 2. The van der Waals surface area contributed by atoms with Crippen LogP contribution in [0, 0.1) is 0 Å². The van der Waals surface area contributed by atoms with Crippen LogP contribution >= 0.6 is 15.9 Å². The van der Waals surface area contributed by atoms with Gasteiger partial charge in [0.25, 0.3) is 5.91 Å². The van der Waals surface area contributed by atoms with Crippen molar-refractivity contribution in [2.45, 2.75) is 13.5 Å². The number of hydrogen-bond donors (Lipinski definition) is 1. The molecule has 0 aliphatic heterocycles. The fourth-order valence-corrected chi connectivity index (χ4v) is 2.33. The number of amides is 1. The summed E-state index contributed by atoms with van der Waals surface area (Å²) in [6, 6.07) is 13.1. The minimum Gasteiger partial charge on any atom is -0.434 e. The van der Waals surface area contributed by atoms with Gasteiger partial charge in [0.05, 0.1) is 11.3 Å². The Labute approximate surface area is 140 Å². The molecule has 0 fully saturated rings. The van der Waals surface area contributed by atoms with Gasteiger partial charge in [-0.2, -0.15) is 13.9 Å². The highest BCUT2D eigenvalue weighted by Gasteiger charge is 2.12. The van der Waals surface area contributed by atoms with E-state index in [2.05, 4.69) is 31.2 Å². The second-order valence-electron chi connectivity index (χ2n) is 4.49. The Balaban J connectivity index is 2.18. The Bertz CT molecular complexity index is 736. The Morgan fingerprint density at radius 3 is 2.39 bits per heavy atom. The Kier molecular flexibility index (Phi) is 5.81. The molecule has 0 bridgehead atoms. The van der Waals surface area contributed by atoms with Gasteiger partial charge in [-0.25, -0.2) is 5.43 Å². The summed E-state index contributed by atoms with van der Waals surface area (Å²) < 4.78 is 29.9. The molecule has 2 rings (SSSR count). The zero-order chi connectivity index (χ0) is 16.8. The van der Waals surface area contributed by atoms with Crippen LogP contribution in [-0.4, -0.2) is 18.2 Å². The van der Waals surface area contributed by atoms with E-state index in [-0.39, 0.29) is 5.75 Å². The lowest BCUT2D eigenvalue weighted by Crippen LogP contribution is -2.20. The Hall–Kier alpha value is -2.28. The Morgan fingerprint density at radius 2 is 1.74 bits per heavy atom. The van der Waals surface area contributed by atoms with Crippen molar-refractivity contribution in [3.05, 3.63) is 64.1 Å². The summed E-state index contributed by atoms with van der Waals surface area (Å²) in [5.41, 5.74) is 3.54. The summed E-state index contributed by atoms with van der Waals surface area (Å²) in [5.74, 6) is -0.414. The van der Waals surface area contributed by atoms with E-state index in [9.17, 15) is 13.6 Å². The molecule has 0 saturated heterocycles. The van der Waals surface area contributed by atoms with E-state index in [1.165, 1.54) is 6.07 Å². The molecule has 0 unspecified atom stereocenters. The van der Waals surface area contributed by atoms with E-state index in [1.54, 1.807) is 49.4 Å². The van der Waals surface area contributed by atoms with Crippen LogP contribution in [0.2, 0.25) is 0 Å². The second-order valence-corrected chi connectivity index (χ2v) is 5.35. The van der Waals surface area contributed by atoms with Crippen LogP contribution in [0.25, 0.3) is 0 Å². The minimum atomic E-state index is -2.93. The lowest BCUT2D eigenvalue weighted by molar-refractivity contribution is -0.0499. The van der Waals surface area contributed by atoms with Crippen molar-refractivity contribution >= 4 is 27.5 Å². The van der Waals surface area contributed by atoms with E-state index < -0.39 is 12.5 Å². The second kappa shape index (κ2) is 7.82. The summed E-state index contributed by atoms with van der Waals surface area (Å²) in [6.45, 7) is -1.34. The van der Waals surface area contributed by atoms with Crippen LogP contribution in [0.5, 0.6) is 5.75 Å². The smallest absolute Gasteiger partial charge is 0.387 e. The van der Waals surface area contributed by atoms with Crippen molar-refractivity contribution in [1.82, 2.24) is 5.43 Å². The standard InChI is InChI=1S/C16H13BrF2N2O2/c1-10(11-6-3-5-9-14(11)23-16(18)19)20-21-15(22)12-7-2-4-8-13(12)17/h2-9,16H,1H3,(H,21,22)/b20-10-. The zero-order valence-corrected chi connectivity index (χ0v) is 13.7. The molecular weight excluding hydrogens is 370 g/mol. The average Bonchev–Trinajstić information content (AvgIpc) is 2.52. The van der Waals surface area contributed by atoms with Crippen molar-refractivity contribution in [2.24, 2.45) is 5.10 Å². The highest BCUT2D eigenvalue weighted by atomic mass is 79.9. The molecule has 1 N–H and O–H groups in total. The van der Waals surface area contributed by atoms with Crippen molar-refractivity contribution < 1.29 is 18.3 Å². The summed E-state index contributed by atoms with van der Waals surface area (Å²) in [4.78, 5) is 12.1. The molecule has 0 atom stereocenters. The van der Waals surface area contributed by atoms with Gasteiger partial charge in [0.2, 0.25) is 0 Å². The number of nitrogens with one attached hydrogen (secondary N) is 1. The van der Waals surface area contributed by atoms with E-state index >= 15 is 0 Å². The molecule has 2 aromatic rings. The molecule has 0 aliphatic rings. The van der Waals surface area contributed by atoms with Crippen LogP contribution in [0.15, 0.2) is 58.1 Å². The SMILES string of the molecule is C/C(=N/NC(=O)c1ccccc1Br)c1ccccc1OC(F)F. The number of benzene rings is 2. The van der Waals surface area contributed by atoms with Gasteiger partial charge in [0, 0.05) is 10.0 Å². The van der Waals surface area contributed by atoms with Crippen LogP contribution in [0.1, 0.15) is 22.8 Å². The van der Waals surface area contributed by atoms with Gasteiger partial charge < -0.3 is 4.74 Å². The summed E-state index contributed by atoms with van der Waals surface area (Å²) >= 11 is 3.27. The van der Waals surface area contributed by atoms with Crippen LogP contribution in [0.4, 0.5) is 8.78 Å². The van der Waals surface area contributed by atoms with Gasteiger partial charge in [0.15, 0.2) is 0 Å². The first-order valence-corrected chi connectivity index (χ1v) is 7.41. The molecule has 23 heavy (non-hydrogen) atoms. The monoisotopic (exact) mass is 382 g/mol. The predicted octanol–water partition coefficient (Wildman–Crippen LogP) is 4.20. The number of nitrogens with zero attached hydrogens (tertiary/aromatic N) is 1. The zero-order valence-electron chi connectivity index (χ0n) is 12.1. The Morgan fingerprint density at radius 1 is 1.13 bits per heavy atom. The van der Waals surface area contributed by atoms with Crippen LogP contribution < -0.4 is 10.2 Å². The van der Waals surface area contributed by atoms with Crippen molar-refractivity contribution in [3.63, 3.8) is 0 Å². The first kappa shape index (κ1) is 17.1. The van der Waals surface area contributed by atoms with Crippen molar-refractivity contribution in [3.8, 4) is 5.75 Å². The first-order valence-electron chi connectivity index (χ1n) is 6.62. The quantitative estimate of drug-likeness (QED) is 0.622. The average molecular weight is 383 g/mol. The van der Waals surface area contributed by atoms with E-state index in [0.717, 1.165) is 0 Å². The van der Waals surface area contributed by atoms with Crippen molar-refractivity contribution in [1.29, 1.82) is 0 Å². The van der Waals surface area contributed by atoms with Gasteiger partial charge >= 0.3 is 6.61 Å². The number of ether oxygens (including phenoxy) is 1. The highest BCUT2D eigenvalue weighted by molar-refractivity contribution is 9.10. The van der Waals surface area contributed by atoms with Crippen LogP contribution in [0.3, 0.4) is 0 Å². The van der Waals surface area contributed by atoms with Crippen LogP contribution in [-0.2, 0) is 0 Å². The fourth-order valence-electron chi connectivity index (χ4n) is 1.86. The molecule has 0 heterocycles. The van der Waals surface area contributed by atoms with Gasteiger partial charge in [-0.05, 0) is 47.1 Å². The molecule has 0 radical (unpaired) electrons. The summed E-state index contributed by atoms with van der Waals surface area (Å²) in [5, 5.41) is 3.95. The summed E-state index contributed by atoms with van der Waals surface area (Å²) in [6.07, 6.45) is 0. The van der Waals surface area contributed by atoms with Gasteiger partial charge in [-0.3, -0.25) is 4.79 Å². The predicted molar refractivity (Wildman–Crippen MR) is 86.9 cm³/mol. The highest BCUT2D eigenvalue weighted by Crippen LogP contribution is 2.21. The molecule has 2 aromatic carbocycles. The maximum absolute atomic E-state index is 12.4. The molecule has 0 aliphatic carbocycles. The molecule has 0 saturated carbocycles. The molecular formula is C16H13BrF2N2O2. The number of halogens is 3.